The highest BCUT2D eigenvalue weighted by molar-refractivity contribution is 7.14. The second kappa shape index (κ2) is 6.18. The Kier molecular flexibility index (Phi) is 3.91. The van der Waals surface area contributed by atoms with Gasteiger partial charge in [-0.3, -0.25) is 4.98 Å². The fraction of sp³-hybridized carbons (Fsp3) is 0.294. The smallest absolute Gasteiger partial charge is 0.190 e. The van der Waals surface area contributed by atoms with E-state index < -0.39 is 0 Å². The summed E-state index contributed by atoms with van der Waals surface area (Å²) < 4.78 is 2.45. The third-order valence-corrected chi connectivity index (χ3v) is 5.81. The minimum Gasteiger partial charge on any atom is -0.313 e. The molecule has 1 saturated carbocycles. The Hall–Kier alpha value is -1.72. The maximum absolute atomic E-state index is 4.84. The molecule has 1 fully saturated rings. The highest BCUT2D eigenvalue weighted by Gasteiger charge is 2.21. The molecule has 0 bridgehead atoms. The highest BCUT2D eigenvalue weighted by atomic mass is 32.1. The van der Waals surface area contributed by atoms with Crippen LogP contribution in [0.15, 0.2) is 52.4 Å². The molecule has 0 radical (unpaired) electrons. The lowest BCUT2D eigenvalue weighted by Crippen LogP contribution is -2.19. The number of hydrogen-bond acceptors (Lipinski definition) is 4. The monoisotopic (exact) mass is 327 g/mol. The van der Waals surface area contributed by atoms with Crippen LogP contribution in [-0.4, -0.2) is 9.55 Å². The summed E-state index contributed by atoms with van der Waals surface area (Å²) in [6, 6.07) is 8.85. The standard InChI is InChI=1S/C17H17N3S2/c1-2-7-14(6-1)20-15(16-8-4-10-21-16)12-22-17(20)19-13-5-3-9-18-11-13/h3-5,8-12,14H,1-2,6-7H2. The maximum Gasteiger partial charge on any atom is 0.190 e. The lowest BCUT2D eigenvalue weighted by atomic mass is 10.2. The van der Waals surface area contributed by atoms with Crippen molar-refractivity contribution in [1.82, 2.24) is 9.55 Å². The molecule has 0 N–H and O–H groups in total. The lowest BCUT2D eigenvalue weighted by Gasteiger charge is -2.15. The van der Waals surface area contributed by atoms with Gasteiger partial charge in [-0.15, -0.1) is 22.7 Å². The molecule has 0 saturated heterocycles. The molecule has 4 rings (SSSR count). The van der Waals surface area contributed by atoms with Crippen LogP contribution in [0.4, 0.5) is 5.69 Å². The van der Waals surface area contributed by atoms with Crippen molar-refractivity contribution in [2.24, 2.45) is 4.99 Å². The first-order valence-electron chi connectivity index (χ1n) is 7.60. The van der Waals surface area contributed by atoms with E-state index in [0.717, 1.165) is 10.5 Å². The third-order valence-electron chi connectivity index (χ3n) is 4.08. The summed E-state index contributed by atoms with van der Waals surface area (Å²) in [5.74, 6) is 0. The van der Waals surface area contributed by atoms with Crippen molar-refractivity contribution in [1.29, 1.82) is 0 Å². The first-order chi connectivity index (χ1) is 10.9. The molecule has 0 unspecified atom stereocenters. The first-order valence-corrected chi connectivity index (χ1v) is 9.36. The van der Waals surface area contributed by atoms with Crippen molar-refractivity contribution < 1.29 is 0 Å². The number of thiazole rings is 1. The topological polar surface area (TPSA) is 30.2 Å². The molecule has 0 aromatic carbocycles. The van der Waals surface area contributed by atoms with Gasteiger partial charge < -0.3 is 4.57 Å². The fourth-order valence-electron chi connectivity index (χ4n) is 3.05. The first kappa shape index (κ1) is 13.9. The van der Waals surface area contributed by atoms with Crippen LogP contribution in [0.1, 0.15) is 31.7 Å². The zero-order chi connectivity index (χ0) is 14.8. The van der Waals surface area contributed by atoms with Crippen molar-refractivity contribution in [3.05, 3.63) is 52.2 Å². The minimum atomic E-state index is 0.582. The average molecular weight is 327 g/mol. The van der Waals surface area contributed by atoms with E-state index in [-0.39, 0.29) is 0 Å². The Morgan fingerprint density at radius 2 is 2.05 bits per heavy atom. The van der Waals surface area contributed by atoms with Crippen LogP contribution in [0.5, 0.6) is 0 Å². The Morgan fingerprint density at radius 3 is 2.77 bits per heavy atom. The van der Waals surface area contributed by atoms with Gasteiger partial charge in [0.2, 0.25) is 0 Å². The van der Waals surface area contributed by atoms with Gasteiger partial charge in [-0.25, -0.2) is 4.99 Å². The summed E-state index contributed by atoms with van der Waals surface area (Å²) in [7, 11) is 0. The van der Waals surface area contributed by atoms with Gasteiger partial charge in [0.05, 0.1) is 22.5 Å². The Bertz CT molecular complexity index is 794. The van der Waals surface area contributed by atoms with Gasteiger partial charge in [0.15, 0.2) is 4.80 Å². The molecular weight excluding hydrogens is 310 g/mol. The van der Waals surface area contributed by atoms with Gasteiger partial charge in [-0.2, -0.15) is 0 Å². The Balaban J connectivity index is 1.86. The minimum absolute atomic E-state index is 0.582. The zero-order valence-corrected chi connectivity index (χ0v) is 13.8. The summed E-state index contributed by atoms with van der Waals surface area (Å²) >= 11 is 3.53. The van der Waals surface area contributed by atoms with Crippen LogP contribution in [0.25, 0.3) is 10.6 Å². The molecule has 112 valence electrons. The highest BCUT2D eigenvalue weighted by Crippen LogP contribution is 2.34. The Morgan fingerprint density at radius 1 is 1.14 bits per heavy atom. The van der Waals surface area contributed by atoms with E-state index >= 15 is 0 Å². The normalized spacial score (nSPS) is 16.5. The number of thiophene rings is 1. The molecule has 0 atom stereocenters. The summed E-state index contributed by atoms with van der Waals surface area (Å²) in [6.45, 7) is 0. The van der Waals surface area contributed by atoms with E-state index in [9.17, 15) is 0 Å². The molecule has 22 heavy (non-hydrogen) atoms. The molecule has 3 aromatic rings. The van der Waals surface area contributed by atoms with E-state index in [4.69, 9.17) is 4.99 Å². The molecule has 1 aliphatic carbocycles. The molecule has 5 heteroatoms. The molecular formula is C17H17N3S2. The quantitative estimate of drug-likeness (QED) is 0.664. The average Bonchev–Trinajstić information content (AvgIpc) is 3.29. The van der Waals surface area contributed by atoms with Gasteiger partial charge in [-0.05, 0) is 36.4 Å². The van der Waals surface area contributed by atoms with E-state index in [1.807, 2.05) is 18.3 Å². The number of aromatic nitrogens is 2. The fourth-order valence-corrected chi connectivity index (χ4v) is 4.84. The van der Waals surface area contributed by atoms with E-state index in [1.54, 1.807) is 28.9 Å². The predicted molar refractivity (Wildman–Crippen MR) is 92.6 cm³/mol. The number of hydrogen-bond donors (Lipinski definition) is 0. The Labute approximate surface area is 137 Å². The van der Waals surface area contributed by atoms with Gasteiger partial charge >= 0.3 is 0 Å². The van der Waals surface area contributed by atoms with Crippen LogP contribution in [0.3, 0.4) is 0 Å². The molecule has 3 aromatic heterocycles. The number of rotatable bonds is 3. The molecule has 3 nitrogen and oxygen atoms in total. The number of pyridine rings is 1. The summed E-state index contributed by atoms with van der Waals surface area (Å²) in [6.07, 6.45) is 8.77. The van der Waals surface area contributed by atoms with E-state index in [1.165, 1.54) is 36.3 Å². The third kappa shape index (κ3) is 2.66. The SMILES string of the molecule is c1cncc(N=c2scc(-c3cccs3)n2C2CCCC2)c1. The van der Waals surface area contributed by atoms with Crippen LogP contribution in [0.2, 0.25) is 0 Å². The van der Waals surface area contributed by atoms with Crippen LogP contribution < -0.4 is 4.80 Å². The maximum atomic E-state index is 4.84. The second-order valence-corrected chi connectivity index (χ2v) is 7.30. The largest absolute Gasteiger partial charge is 0.313 e. The number of nitrogens with zero attached hydrogens (tertiary/aromatic N) is 3. The summed E-state index contributed by atoms with van der Waals surface area (Å²) in [4.78, 5) is 11.4. The van der Waals surface area contributed by atoms with Crippen molar-refractivity contribution in [3.8, 4) is 10.6 Å². The second-order valence-electron chi connectivity index (χ2n) is 5.51. The van der Waals surface area contributed by atoms with E-state index in [2.05, 4.69) is 32.4 Å². The molecule has 3 heterocycles. The molecule has 0 amide bonds. The predicted octanol–water partition coefficient (Wildman–Crippen LogP) is 5.02. The van der Waals surface area contributed by atoms with Gasteiger partial charge in [0.25, 0.3) is 0 Å². The van der Waals surface area contributed by atoms with Gasteiger partial charge in [0.1, 0.15) is 0 Å². The van der Waals surface area contributed by atoms with Crippen LogP contribution in [-0.2, 0) is 0 Å². The lowest BCUT2D eigenvalue weighted by molar-refractivity contribution is 0.512. The van der Waals surface area contributed by atoms with Crippen molar-refractivity contribution in [2.45, 2.75) is 31.7 Å². The molecule has 0 spiro atoms. The van der Waals surface area contributed by atoms with Gasteiger partial charge in [0, 0.05) is 17.6 Å². The molecule has 0 aliphatic heterocycles. The van der Waals surface area contributed by atoms with Crippen molar-refractivity contribution in [2.75, 3.05) is 0 Å². The van der Waals surface area contributed by atoms with E-state index in [0.29, 0.717) is 6.04 Å². The van der Waals surface area contributed by atoms with Crippen LogP contribution in [0, 0.1) is 0 Å². The van der Waals surface area contributed by atoms with Crippen molar-refractivity contribution >= 4 is 28.4 Å². The summed E-state index contributed by atoms with van der Waals surface area (Å²) in [5.41, 5.74) is 2.24. The molecule has 1 aliphatic rings. The zero-order valence-electron chi connectivity index (χ0n) is 12.2. The summed E-state index contributed by atoms with van der Waals surface area (Å²) in [5, 5.41) is 4.39. The van der Waals surface area contributed by atoms with Gasteiger partial charge in [-0.1, -0.05) is 18.9 Å². The van der Waals surface area contributed by atoms with Crippen LogP contribution >= 0.6 is 22.7 Å². The van der Waals surface area contributed by atoms with Crippen molar-refractivity contribution in [3.63, 3.8) is 0 Å².